The van der Waals surface area contributed by atoms with Crippen LogP contribution in [0.2, 0.25) is 0 Å². The topological polar surface area (TPSA) is 54.8 Å². The Morgan fingerprint density at radius 3 is 2.00 bits per heavy atom. The highest BCUT2D eigenvalue weighted by Crippen LogP contribution is 2.33. The van der Waals surface area contributed by atoms with Crippen LogP contribution in [0.4, 0.5) is 20.0 Å². The van der Waals surface area contributed by atoms with E-state index in [1.54, 1.807) is 72.8 Å². The molecular weight excluding hydrogens is 383 g/mol. The minimum Gasteiger partial charge on any atom is -0.387 e. The highest BCUT2D eigenvalue weighted by Gasteiger charge is 2.55. The summed E-state index contributed by atoms with van der Waals surface area (Å²) >= 11 is 0. The van der Waals surface area contributed by atoms with E-state index < -0.39 is 6.97 Å². The first-order valence-corrected chi connectivity index (χ1v) is 9.43. The molecule has 5 nitrogen and oxygen atoms in total. The first kappa shape index (κ1) is 19.5. The van der Waals surface area contributed by atoms with Gasteiger partial charge in [0.2, 0.25) is 5.84 Å². The molecule has 1 aliphatic heterocycles. The molecule has 0 bridgehead atoms. The SMILES string of the molecule is Cc1ccc(N2N=C(c3ccc(C#N)cc3)N=[N+](c3ccc(C)cc3)[B-]2(F)F)cc1. The van der Waals surface area contributed by atoms with Gasteiger partial charge in [0.1, 0.15) is 0 Å². The van der Waals surface area contributed by atoms with Gasteiger partial charge in [0.15, 0.2) is 5.69 Å². The second-order valence-electron chi connectivity index (χ2n) is 7.16. The zero-order valence-electron chi connectivity index (χ0n) is 16.5. The van der Waals surface area contributed by atoms with Crippen LogP contribution in [0.3, 0.4) is 0 Å². The molecule has 8 heteroatoms. The number of hydrazone groups is 1. The molecule has 3 aromatic rings. The third-order valence-electron chi connectivity index (χ3n) is 4.86. The number of benzene rings is 3. The van der Waals surface area contributed by atoms with Crippen molar-refractivity contribution in [1.29, 1.82) is 5.26 Å². The molecule has 0 saturated carbocycles. The third kappa shape index (κ3) is 3.58. The average Bonchev–Trinajstić information content (AvgIpc) is 2.75. The van der Waals surface area contributed by atoms with Gasteiger partial charge in [-0.3, -0.25) is 0 Å². The first-order valence-electron chi connectivity index (χ1n) is 9.43. The standard InChI is InChI=1S/C22H18BF2N5/c1-16-3-11-20(12-4-16)29-23(24,25)30(21-13-5-17(2)6-14-21)28-22(27-29)19-9-7-18(15-26)8-10-19/h3-14H,1-2H3. The van der Waals surface area contributed by atoms with E-state index in [1.165, 1.54) is 0 Å². The Balaban J connectivity index is 1.88. The molecule has 0 atom stereocenters. The van der Waals surface area contributed by atoms with Gasteiger partial charge in [-0.25, -0.2) is 4.61 Å². The zero-order valence-corrected chi connectivity index (χ0v) is 16.5. The molecule has 0 saturated heterocycles. The van der Waals surface area contributed by atoms with Crippen molar-refractivity contribution in [2.24, 2.45) is 10.2 Å². The number of nitrogens with zero attached hydrogens (tertiary/aromatic N) is 5. The van der Waals surface area contributed by atoms with Gasteiger partial charge < -0.3 is 13.6 Å². The van der Waals surface area contributed by atoms with E-state index in [2.05, 4.69) is 10.2 Å². The number of hydrogen-bond donors (Lipinski definition) is 0. The molecule has 0 aliphatic carbocycles. The summed E-state index contributed by atoms with van der Waals surface area (Å²) in [5, 5.41) is 17.4. The summed E-state index contributed by atoms with van der Waals surface area (Å²) in [5.74, 6) is 0.133. The van der Waals surface area contributed by atoms with Gasteiger partial charge in [0.05, 0.1) is 11.6 Å². The lowest BCUT2D eigenvalue weighted by Crippen LogP contribution is -2.54. The zero-order chi connectivity index (χ0) is 21.3. The van der Waals surface area contributed by atoms with Crippen LogP contribution in [0.1, 0.15) is 22.3 Å². The average molecular weight is 401 g/mol. The lowest BCUT2D eigenvalue weighted by atomic mass is 9.93. The highest BCUT2D eigenvalue weighted by atomic mass is 19.2. The van der Waals surface area contributed by atoms with Crippen molar-refractivity contribution in [2.45, 2.75) is 13.8 Å². The Kier molecular flexibility index (Phi) is 4.88. The smallest absolute Gasteiger partial charge is 0.387 e. The van der Waals surface area contributed by atoms with Crippen molar-refractivity contribution >= 4 is 24.2 Å². The molecule has 4 rings (SSSR count). The van der Waals surface area contributed by atoms with Crippen LogP contribution in [-0.4, -0.2) is 17.4 Å². The normalized spacial score (nSPS) is 15.2. The molecule has 0 fully saturated rings. The maximum Gasteiger partial charge on any atom is 0.777 e. The van der Waals surface area contributed by atoms with Crippen molar-refractivity contribution in [3.8, 4) is 6.07 Å². The number of rotatable bonds is 3. The molecule has 0 aromatic heterocycles. The Hall–Kier alpha value is -3.86. The van der Waals surface area contributed by atoms with Crippen molar-refractivity contribution in [3.63, 3.8) is 0 Å². The predicted octanol–water partition coefficient (Wildman–Crippen LogP) is 5.53. The Labute approximate surface area is 173 Å². The summed E-state index contributed by atoms with van der Waals surface area (Å²) < 4.78 is 31.9. The first-order chi connectivity index (χ1) is 14.4. The minimum absolute atomic E-state index is 0.133. The molecule has 148 valence electrons. The van der Waals surface area contributed by atoms with Crippen LogP contribution in [0.5, 0.6) is 0 Å². The molecule has 0 spiro atoms. The summed E-state index contributed by atoms with van der Waals surface area (Å²) in [4.78, 5) is 0.736. The molecule has 30 heavy (non-hydrogen) atoms. The summed E-state index contributed by atoms with van der Waals surface area (Å²) in [6.45, 7) is -0.541. The summed E-state index contributed by atoms with van der Waals surface area (Å²) in [6, 6.07) is 22.1. The van der Waals surface area contributed by atoms with Crippen LogP contribution in [-0.2, 0) is 0 Å². The van der Waals surface area contributed by atoms with E-state index >= 15 is 8.63 Å². The van der Waals surface area contributed by atoms with E-state index in [0.29, 0.717) is 11.1 Å². The summed E-state index contributed by atoms with van der Waals surface area (Å²) in [7, 11) is 0. The fourth-order valence-electron chi connectivity index (χ4n) is 3.15. The maximum absolute atomic E-state index is 15.6. The Morgan fingerprint density at radius 2 is 1.43 bits per heavy atom. The maximum atomic E-state index is 15.6. The number of azo groups is 1. The molecule has 0 amide bonds. The van der Waals surface area contributed by atoms with Crippen LogP contribution in [0.25, 0.3) is 0 Å². The number of amidine groups is 1. The van der Waals surface area contributed by atoms with Gasteiger partial charge >= 0.3 is 6.97 Å². The molecule has 1 aliphatic rings. The van der Waals surface area contributed by atoms with Gasteiger partial charge in [0, 0.05) is 23.4 Å². The monoisotopic (exact) mass is 401 g/mol. The van der Waals surface area contributed by atoms with E-state index in [-0.39, 0.29) is 17.2 Å². The van der Waals surface area contributed by atoms with E-state index in [1.807, 2.05) is 19.9 Å². The number of nitriles is 1. The van der Waals surface area contributed by atoms with Crippen molar-refractivity contribution in [3.05, 3.63) is 95.1 Å². The lowest BCUT2D eigenvalue weighted by molar-refractivity contribution is -0.401. The quantitative estimate of drug-likeness (QED) is 0.542. The molecular formula is C22H18BF2N5. The fourth-order valence-corrected chi connectivity index (χ4v) is 3.15. The highest BCUT2D eigenvalue weighted by molar-refractivity contribution is 6.62. The largest absolute Gasteiger partial charge is 0.777 e. The van der Waals surface area contributed by atoms with Crippen LogP contribution in [0.15, 0.2) is 83.0 Å². The lowest BCUT2D eigenvalue weighted by Gasteiger charge is -2.33. The molecule has 3 aromatic carbocycles. The van der Waals surface area contributed by atoms with Gasteiger partial charge in [-0.05, 0) is 55.4 Å². The molecule has 1 heterocycles. The minimum atomic E-state index is -4.32. The molecule has 0 unspecified atom stereocenters. The predicted molar refractivity (Wildman–Crippen MR) is 113 cm³/mol. The fraction of sp³-hybridized carbons (Fsp3) is 0.0909. The number of aryl methyl sites for hydroxylation is 2. The van der Waals surface area contributed by atoms with Gasteiger partial charge in [0.25, 0.3) is 0 Å². The van der Waals surface area contributed by atoms with Crippen LogP contribution < -0.4 is 4.92 Å². The van der Waals surface area contributed by atoms with Gasteiger partial charge in [-0.2, -0.15) is 10.4 Å². The number of anilines is 1. The summed E-state index contributed by atoms with van der Waals surface area (Å²) in [5.41, 5.74) is 3.46. The van der Waals surface area contributed by atoms with E-state index in [4.69, 9.17) is 5.26 Å². The van der Waals surface area contributed by atoms with Crippen LogP contribution in [0, 0.1) is 25.2 Å². The van der Waals surface area contributed by atoms with Gasteiger partial charge in [-0.1, -0.05) is 35.4 Å². The van der Waals surface area contributed by atoms with Crippen LogP contribution >= 0.6 is 0 Å². The van der Waals surface area contributed by atoms with Crippen molar-refractivity contribution < 1.29 is 13.2 Å². The second kappa shape index (κ2) is 7.52. The van der Waals surface area contributed by atoms with Gasteiger partial charge in [-0.15, -0.1) is 0 Å². The van der Waals surface area contributed by atoms with Crippen molar-refractivity contribution in [2.75, 3.05) is 4.92 Å². The second-order valence-corrected chi connectivity index (χ2v) is 7.16. The molecule has 0 N–H and O–H groups in total. The van der Waals surface area contributed by atoms with Crippen molar-refractivity contribution in [1.82, 2.24) is 0 Å². The van der Waals surface area contributed by atoms with E-state index in [9.17, 15) is 0 Å². The number of hydrogen-bond acceptors (Lipinski definition) is 4. The Bertz CT molecular complexity index is 1180. The van der Waals surface area contributed by atoms with E-state index in [0.717, 1.165) is 20.7 Å². The summed E-state index contributed by atoms with van der Waals surface area (Å²) in [6.07, 6.45) is 0. The molecule has 0 radical (unpaired) electrons. The third-order valence-corrected chi connectivity index (χ3v) is 4.86. The number of halogens is 2. The Morgan fingerprint density at radius 1 is 0.867 bits per heavy atom.